The van der Waals surface area contributed by atoms with Gasteiger partial charge in [-0.15, -0.1) is 0 Å². The van der Waals surface area contributed by atoms with E-state index in [-0.39, 0.29) is 13.2 Å². The molecule has 5 nitrogen and oxygen atoms in total. The number of likely N-dealkylation sites (N-methyl/N-ethyl adjacent to an activating group) is 1. The molecule has 0 aliphatic rings. The van der Waals surface area contributed by atoms with Crippen molar-refractivity contribution in [2.24, 2.45) is 0 Å². The molecule has 0 N–H and O–H groups in total. The summed E-state index contributed by atoms with van der Waals surface area (Å²) in [5.74, 6) is 0. The van der Waals surface area contributed by atoms with Crippen LogP contribution < -0.4 is 4.89 Å². The quantitative estimate of drug-likeness (QED) is 0.103. The monoisotopic (exact) mass is 431 g/mol. The second kappa shape index (κ2) is 18.3. The van der Waals surface area contributed by atoms with Crippen LogP contribution in [0.25, 0.3) is 0 Å². The predicted octanol–water partition coefficient (Wildman–Crippen LogP) is 6.01. The van der Waals surface area contributed by atoms with Crippen molar-refractivity contribution in [1.29, 1.82) is 0 Å². The smallest absolute Gasteiger partial charge is 0.268 e. The first-order valence-corrected chi connectivity index (χ1v) is 12.9. The van der Waals surface area contributed by atoms with E-state index >= 15 is 0 Å². The van der Waals surface area contributed by atoms with Crippen LogP contribution in [0.15, 0.2) is 24.3 Å². The van der Waals surface area contributed by atoms with E-state index in [1.54, 1.807) is 0 Å². The Balaban J connectivity index is 3.42. The number of rotatable bonds is 20. The molecule has 0 radical (unpaired) electrons. The third kappa shape index (κ3) is 23.7. The van der Waals surface area contributed by atoms with Crippen LogP contribution in [0.4, 0.5) is 0 Å². The summed E-state index contributed by atoms with van der Waals surface area (Å²) in [6.45, 7) is 3.24. The van der Waals surface area contributed by atoms with Crippen LogP contribution in [0, 0.1) is 0 Å². The Morgan fingerprint density at radius 3 is 1.86 bits per heavy atom. The lowest BCUT2D eigenvalue weighted by molar-refractivity contribution is -0.870. The number of nitrogens with zero attached hydrogens (tertiary/aromatic N) is 1. The molecule has 0 fully saturated rings. The van der Waals surface area contributed by atoms with E-state index in [9.17, 15) is 9.46 Å². The number of quaternary nitrogens is 1. The van der Waals surface area contributed by atoms with Crippen molar-refractivity contribution in [3.05, 3.63) is 24.3 Å². The van der Waals surface area contributed by atoms with E-state index in [4.69, 9.17) is 9.05 Å². The molecule has 0 rings (SSSR count). The molecule has 6 heteroatoms. The van der Waals surface area contributed by atoms with Crippen molar-refractivity contribution < 1.29 is 23.0 Å². The van der Waals surface area contributed by atoms with Gasteiger partial charge in [0.05, 0.1) is 27.7 Å². The van der Waals surface area contributed by atoms with Crippen LogP contribution in [0.5, 0.6) is 0 Å². The zero-order valence-corrected chi connectivity index (χ0v) is 20.3. The van der Waals surface area contributed by atoms with E-state index in [1.807, 2.05) is 21.1 Å². The first-order valence-electron chi connectivity index (χ1n) is 11.5. The minimum absolute atomic E-state index is 0.161. The van der Waals surface area contributed by atoms with Crippen LogP contribution in [0.2, 0.25) is 0 Å². The molecule has 0 amide bonds. The zero-order chi connectivity index (χ0) is 21.8. The Labute approximate surface area is 180 Å². The molecule has 0 spiro atoms. The molecule has 29 heavy (non-hydrogen) atoms. The summed E-state index contributed by atoms with van der Waals surface area (Å²) >= 11 is 0. The van der Waals surface area contributed by atoms with Crippen molar-refractivity contribution in [1.82, 2.24) is 0 Å². The third-order valence-electron chi connectivity index (χ3n) is 4.61. The fourth-order valence-corrected chi connectivity index (χ4v) is 3.46. The number of hydrogen-bond acceptors (Lipinski definition) is 4. The Morgan fingerprint density at radius 1 is 0.759 bits per heavy atom. The van der Waals surface area contributed by atoms with Crippen molar-refractivity contribution in [2.45, 2.75) is 84.0 Å². The van der Waals surface area contributed by atoms with Crippen molar-refractivity contribution >= 4 is 7.82 Å². The van der Waals surface area contributed by atoms with E-state index in [0.717, 1.165) is 32.1 Å². The molecule has 1 unspecified atom stereocenters. The van der Waals surface area contributed by atoms with Crippen LogP contribution in [-0.4, -0.2) is 45.4 Å². The van der Waals surface area contributed by atoms with Crippen LogP contribution >= 0.6 is 7.82 Å². The standard InChI is InChI=1S/C23H46NO4P/c1-5-6-7-8-9-10-11-12-13-14-15-16-17-18-19-20-22-27-29(25,26)28-23-21-24(2,3)4/h9-10,12-13H,5-8,11,14-23H2,1-4H3/b10-9-,13-12-. The minimum atomic E-state index is -4.14. The summed E-state index contributed by atoms with van der Waals surface area (Å²) in [5, 5.41) is 0. The van der Waals surface area contributed by atoms with Crippen molar-refractivity contribution in [2.75, 3.05) is 40.9 Å². The molecule has 0 aromatic heterocycles. The van der Waals surface area contributed by atoms with Crippen molar-refractivity contribution in [3.63, 3.8) is 0 Å². The van der Waals surface area contributed by atoms with Gasteiger partial charge in [0.2, 0.25) is 0 Å². The molecule has 0 aromatic carbocycles. The van der Waals surface area contributed by atoms with Crippen LogP contribution in [0.1, 0.15) is 84.0 Å². The summed E-state index contributed by atoms with van der Waals surface area (Å²) in [5.41, 5.74) is 0. The highest BCUT2D eigenvalue weighted by molar-refractivity contribution is 7.45. The molecule has 172 valence electrons. The summed E-state index contributed by atoms with van der Waals surface area (Å²) < 4.78 is 22.1. The summed E-state index contributed by atoms with van der Waals surface area (Å²) in [6.07, 6.45) is 23.0. The SMILES string of the molecule is CCCCC/C=C\C/C=C\CCCCCCCCOP(=O)([O-])OCC[N+](C)(C)C. The van der Waals surface area contributed by atoms with Gasteiger partial charge in [-0.3, -0.25) is 4.57 Å². The zero-order valence-electron chi connectivity index (χ0n) is 19.4. The van der Waals surface area contributed by atoms with Gasteiger partial charge in [-0.1, -0.05) is 69.8 Å². The van der Waals surface area contributed by atoms with Gasteiger partial charge < -0.3 is 18.4 Å². The second-order valence-electron chi connectivity index (χ2n) is 8.71. The van der Waals surface area contributed by atoms with Crippen molar-refractivity contribution in [3.8, 4) is 0 Å². The molecule has 0 saturated heterocycles. The van der Waals surface area contributed by atoms with Gasteiger partial charge in [0.25, 0.3) is 7.82 Å². The predicted molar refractivity (Wildman–Crippen MR) is 122 cm³/mol. The third-order valence-corrected chi connectivity index (χ3v) is 5.60. The average Bonchev–Trinajstić information content (AvgIpc) is 2.63. The molecule has 0 aliphatic heterocycles. The first kappa shape index (κ1) is 28.5. The van der Waals surface area contributed by atoms with E-state index < -0.39 is 7.82 Å². The number of hydrogen-bond donors (Lipinski definition) is 0. The molecule has 0 aromatic rings. The fourth-order valence-electron chi connectivity index (χ4n) is 2.73. The van der Waals surface area contributed by atoms with Gasteiger partial charge in [-0.05, 0) is 38.5 Å². The average molecular weight is 432 g/mol. The van der Waals surface area contributed by atoms with E-state index in [2.05, 4.69) is 31.2 Å². The lowest BCUT2D eigenvalue weighted by atomic mass is 10.1. The van der Waals surface area contributed by atoms with Gasteiger partial charge >= 0.3 is 0 Å². The highest BCUT2D eigenvalue weighted by Gasteiger charge is 2.12. The maximum absolute atomic E-state index is 11.6. The molecule has 0 heterocycles. The van der Waals surface area contributed by atoms with Gasteiger partial charge in [0.1, 0.15) is 13.2 Å². The number of phosphoric acid groups is 1. The molecule has 1 atom stereocenters. The highest BCUT2D eigenvalue weighted by Crippen LogP contribution is 2.38. The van der Waals surface area contributed by atoms with Gasteiger partial charge in [0, 0.05) is 0 Å². The summed E-state index contributed by atoms with van der Waals surface area (Å²) in [6, 6.07) is 0. The maximum atomic E-state index is 11.6. The van der Waals surface area contributed by atoms with Crippen LogP contribution in [0.3, 0.4) is 0 Å². The fraction of sp³-hybridized carbons (Fsp3) is 0.826. The molecular weight excluding hydrogens is 385 g/mol. The highest BCUT2D eigenvalue weighted by atomic mass is 31.2. The Kier molecular flexibility index (Phi) is 18.0. The topological polar surface area (TPSA) is 58.6 Å². The first-order chi connectivity index (χ1) is 13.8. The van der Waals surface area contributed by atoms with E-state index in [1.165, 1.54) is 44.9 Å². The lowest BCUT2D eigenvalue weighted by Crippen LogP contribution is -2.37. The second-order valence-corrected chi connectivity index (χ2v) is 10.1. The molecule has 0 bridgehead atoms. The van der Waals surface area contributed by atoms with Crippen LogP contribution in [-0.2, 0) is 13.6 Å². The van der Waals surface area contributed by atoms with Gasteiger partial charge in [-0.25, -0.2) is 0 Å². The number of unbranched alkanes of at least 4 members (excludes halogenated alkanes) is 9. The normalized spacial score (nSPS) is 14.8. The van der Waals surface area contributed by atoms with E-state index in [0.29, 0.717) is 11.0 Å². The number of allylic oxidation sites excluding steroid dienone is 4. The Morgan fingerprint density at radius 2 is 1.28 bits per heavy atom. The number of phosphoric ester groups is 1. The van der Waals surface area contributed by atoms with Gasteiger partial charge in [-0.2, -0.15) is 0 Å². The summed E-state index contributed by atoms with van der Waals surface area (Å²) in [7, 11) is 1.83. The lowest BCUT2D eigenvalue weighted by Gasteiger charge is -2.27. The largest absolute Gasteiger partial charge is 0.756 e. The minimum Gasteiger partial charge on any atom is -0.756 e. The Hall–Kier alpha value is -0.450. The van der Waals surface area contributed by atoms with Gasteiger partial charge in [0.15, 0.2) is 0 Å². The molecule has 0 aliphatic carbocycles. The maximum Gasteiger partial charge on any atom is 0.268 e. The Bertz CT molecular complexity index is 472. The summed E-state index contributed by atoms with van der Waals surface area (Å²) in [4.78, 5) is 11.6. The molecular formula is C23H46NO4P. The molecule has 0 saturated carbocycles.